The molecule has 0 unspecified atom stereocenters. The summed E-state index contributed by atoms with van der Waals surface area (Å²) in [5.74, 6) is -1.36. The van der Waals surface area contributed by atoms with Gasteiger partial charge < -0.3 is 4.74 Å². The highest BCUT2D eigenvalue weighted by atomic mass is 19.1. The van der Waals surface area contributed by atoms with Gasteiger partial charge in [-0.1, -0.05) is 30.3 Å². The van der Waals surface area contributed by atoms with Crippen molar-refractivity contribution in [2.75, 3.05) is 7.11 Å². The van der Waals surface area contributed by atoms with Crippen molar-refractivity contribution in [1.29, 1.82) is 0 Å². The third kappa shape index (κ3) is 2.71. The van der Waals surface area contributed by atoms with Crippen molar-refractivity contribution in [3.8, 4) is 16.9 Å². The summed E-state index contributed by atoms with van der Waals surface area (Å²) in [6.45, 7) is 0. The molecule has 0 atom stereocenters. The molecule has 128 valence electrons. The summed E-state index contributed by atoms with van der Waals surface area (Å²) in [4.78, 5) is 20.7. The van der Waals surface area contributed by atoms with E-state index in [0.29, 0.717) is 16.9 Å². The number of carbonyl (C=O) groups excluding carboxylic acids is 1. The number of methoxy groups -OCH3 is 1. The first-order chi connectivity index (χ1) is 12.7. The van der Waals surface area contributed by atoms with Crippen LogP contribution in [0.3, 0.4) is 0 Å². The van der Waals surface area contributed by atoms with Gasteiger partial charge in [-0.05, 0) is 24.3 Å². The highest BCUT2D eigenvalue weighted by molar-refractivity contribution is 5.90. The second kappa shape index (κ2) is 6.40. The summed E-state index contributed by atoms with van der Waals surface area (Å²) in [7, 11) is 1.22. The molecule has 2 aromatic heterocycles. The summed E-state index contributed by atoms with van der Waals surface area (Å²) in [6.07, 6.45) is 3.48. The Morgan fingerprint density at radius 1 is 1.12 bits per heavy atom. The minimum Gasteiger partial charge on any atom is -0.465 e. The summed E-state index contributed by atoms with van der Waals surface area (Å²) in [5, 5.41) is 0. The fourth-order valence-electron chi connectivity index (χ4n) is 2.78. The first kappa shape index (κ1) is 16.0. The van der Waals surface area contributed by atoms with E-state index >= 15 is 0 Å². The van der Waals surface area contributed by atoms with Gasteiger partial charge in [-0.15, -0.1) is 0 Å². The molecule has 26 heavy (non-hydrogen) atoms. The summed E-state index contributed by atoms with van der Waals surface area (Å²) >= 11 is 0. The highest BCUT2D eigenvalue weighted by Gasteiger charge is 2.14. The predicted octanol–water partition coefficient (Wildman–Crippen LogP) is 4.01. The van der Waals surface area contributed by atoms with Crippen molar-refractivity contribution in [1.82, 2.24) is 14.5 Å². The lowest BCUT2D eigenvalue weighted by atomic mass is 10.2. The minimum absolute atomic E-state index is 0.108. The molecule has 0 amide bonds. The van der Waals surface area contributed by atoms with E-state index in [1.165, 1.54) is 19.2 Å². The maximum absolute atomic E-state index is 14.3. The third-order valence-electron chi connectivity index (χ3n) is 4.10. The number of fused-ring (bicyclic) bond motifs is 1. The molecule has 0 aliphatic carbocycles. The fourth-order valence-corrected chi connectivity index (χ4v) is 2.78. The van der Waals surface area contributed by atoms with Crippen LogP contribution in [0, 0.1) is 5.82 Å². The Balaban J connectivity index is 1.82. The van der Waals surface area contributed by atoms with Crippen LogP contribution in [-0.2, 0) is 4.74 Å². The normalized spacial score (nSPS) is 10.8. The number of hydrogen-bond acceptors (Lipinski definition) is 4. The summed E-state index contributed by atoms with van der Waals surface area (Å²) in [5.41, 5.74) is 3.42. The monoisotopic (exact) mass is 347 g/mol. The van der Waals surface area contributed by atoms with Crippen LogP contribution in [0.15, 0.2) is 67.0 Å². The van der Waals surface area contributed by atoms with Gasteiger partial charge >= 0.3 is 5.97 Å². The highest BCUT2D eigenvalue weighted by Crippen LogP contribution is 2.23. The van der Waals surface area contributed by atoms with E-state index in [4.69, 9.17) is 0 Å². The molecule has 2 aromatic carbocycles. The second-order valence-electron chi connectivity index (χ2n) is 5.67. The van der Waals surface area contributed by atoms with E-state index in [-0.39, 0.29) is 5.56 Å². The lowest BCUT2D eigenvalue weighted by Crippen LogP contribution is -2.05. The SMILES string of the molecule is COC(=O)c1ccc(-n2ccc3ncc(-c4ccccc4)nc32)cc1F. The number of aromatic nitrogens is 3. The number of carbonyl (C=O) groups is 1. The summed E-state index contributed by atoms with van der Waals surface area (Å²) < 4.78 is 20.6. The van der Waals surface area contributed by atoms with Crippen LogP contribution in [0.2, 0.25) is 0 Å². The zero-order valence-corrected chi connectivity index (χ0v) is 13.9. The Labute approximate surface area is 148 Å². The first-order valence-corrected chi connectivity index (χ1v) is 7.95. The topological polar surface area (TPSA) is 57.0 Å². The largest absolute Gasteiger partial charge is 0.465 e. The number of benzene rings is 2. The summed E-state index contributed by atoms with van der Waals surface area (Å²) in [6, 6.07) is 15.8. The van der Waals surface area contributed by atoms with Crippen LogP contribution in [0.5, 0.6) is 0 Å². The van der Waals surface area contributed by atoms with Crippen LogP contribution in [0.1, 0.15) is 10.4 Å². The van der Waals surface area contributed by atoms with Crippen molar-refractivity contribution in [2.24, 2.45) is 0 Å². The van der Waals surface area contributed by atoms with Gasteiger partial charge in [0.1, 0.15) is 11.3 Å². The van der Waals surface area contributed by atoms with Gasteiger partial charge in [0, 0.05) is 11.8 Å². The number of nitrogens with zero attached hydrogens (tertiary/aromatic N) is 3. The molecule has 0 fully saturated rings. The lowest BCUT2D eigenvalue weighted by Gasteiger charge is -2.08. The molecule has 0 aliphatic rings. The Hall–Kier alpha value is -3.54. The number of rotatable bonds is 3. The zero-order chi connectivity index (χ0) is 18.1. The molecular formula is C20H14FN3O2. The van der Waals surface area contributed by atoms with Gasteiger partial charge in [0.05, 0.1) is 30.3 Å². The molecule has 6 heteroatoms. The van der Waals surface area contributed by atoms with Gasteiger partial charge in [-0.2, -0.15) is 0 Å². The van der Waals surface area contributed by atoms with Crippen LogP contribution >= 0.6 is 0 Å². The Bertz CT molecular complexity index is 1110. The average Bonchev–Trinajstić information content (AvgIpc) is 3.11. The number of halogens is 1. The van der Waals surface area contributed by atoms with E-state index in [2.05, 4.69) is 14.7 Å². The fraction of sp³-hybridized carbons (Fsp3) is 0.0500. The quantitative estimate of drug-likeness (QED) is 0.525. The van der Waals surface area contributed by atoms with Crippen LogP contribution < -0.4 is 0 Å². The van der Waals surface area contributed by atoms with E-state index in [1.54, 1.807) is 23.0 Å². The van der Waals surface area contributed by atoms with Crippen molar-refractivity contribution in [3.63, 3.8) is 0 Å². The zero-order valence-electron chi connectivity index (χ0n) is 13.9. The first-order valence-electron chi connectivity index (χ1n) is 7.95. The number of ether oxygens (including phenoxy) is 1. The van der Waals surface area contributed by atoms with Crippen LogP contribution in [-0.4, -0.2) is 27.6 Å². The van der Waals surface area contributed by atoms with Gasteiger partial charge in [0.15, 0.2) is 5.65 Å². The van der Waals surface area contributed by atoms with Gasteiger partial charge in [0.2, 0.25) is 0 Å². The third-order valence-corrected chi connectivity index (χ3v) is 4.10. The van der Waals surface area contributed by atoms with Crippen LogP contribution in [0.4, 0.5) is 4.39 Å². The standard InChI is InChI=1S/C20H14FN3O2/c1-26-20(25)15-8-7-14(11-16(15)21)24-10-9-17-19(24)23-18(12-22-17)13-5-3-2-4-6-13/h2-12H,1H3. The maximum Gasteiger partial charge on any atom is 0.340 e. The van der Waals surface area contributed by atoms with E-state index in [1.807, 2.05) is 36.4 Å². The molecule has 0 spiro atoms. The molecule has 0 bridgehead atoms. The molecule has 0 N–H and O–H groups in total. The average molecular weight is 347 g/mol. The predicted molar refractivity (Wildman–Crippen MR) is 95.6 cm³/mol. The molecule has 4 aromatic rings. The van der Waals surface area contributed by atoms with Crippen molar-refractivity contribution < 1.29 is 13.9 Å². The van der Waals surface area contributed by atoms with Crippen molar-refractivity contribution >= 4 is 17.1 Å². The molecule has 0 aliphatic heterocycles. The maximum atomic E-state index is 14.3. The van der Waals surface area contributed by atoms with Crippen LogP contribution in [0.25, 0.3) is 28.1 Å². The van der Waals surface area contributed by atoms with E-state index in [9.17, 15) is 9.18 Å². The lowest BCUT2D eigenvalue weighted by molar-refractivity contribution is 0.0595. The second-order valence-corrected chi connectivity index (χ2v) is 5.67. The molecule has 0 saturated heterocycles. The molecule has 4 rings (SSSR count). The van der Waals surface area contributed by atoms with Crippen molar-refractivity contribution in [3.05, 3.63) is 78.4 Å². The molecular weight excluding hydrogens is 333 g/mol. The number of hydrogen-bond donors (Lipinski definition) is 0. The Morgan fingerprint density at radius 3 is 2.65 bits per heavy atom. The Kier molecular flexibility index (Phi) is 3.93. The van der Waals surface area contributed by atoms with Gasteiger partial charge in [0.25, 0.3) is 0 Å². The molecule has 5 nitrogen and oxygen atoms in total. The minimum atomic E-state index is -0.711. The Morgan fingerprint density at radius 2 is 1.92 bits per heavy atom. The van der Waals surface area contributed by atoms with Crippen molar-refractivity contribution in [2.45, 2.75) is 0 Å². The van der Waals surface area contributed by atoms with Gasteiger partial charge in [-0.3, -0.25) is 9.55 Å². The molecule has 0 saturated carbocycles. The number of esters is 1. The van der Waals surface area contributed by atoms with Gasteiger partial charge in [-0.25, -0.2) is 14.2 Å². The molecule has 0 radical (unpaired) electrons. The van der Waals surface area contributed by atoms with E-state index < -0.39 is 11.8 Å². The molecule has 2 heterocycles. The van der Waals surface area contributed by atoms with E-state index in [0.717, 1.165) is 11.3 Å². The smallest absolute Gasteiger partial charge is 0.340 e.